The number of nitrogens with one attached hydrogen (secondary N) is 2. The number of anilines is 2. The van der Waals surface area contributed by atoms with Crippen LogP contribution in [0.4, 0.5) is 11.8 Å². The Hall–Kier alpha value is -2.40. The van der Waals surface area contributed by atoms with Gasteiger partial charge in [0.05, 0.1) is 34.3 Å². The third-order valence-corrected chi connectivity index (χ3v) is 6.13. The van der Waals surface area contributed by atoms with E-state index in [0.29, 0.717) is 18.2 Å². The lowest BCUT2D eigenvalue weighted by Gasteiger charge is -2.21. The third-order valence-electron chi connectivity index (χ3n) is 5.08. The number of aliphatic hydroxyl groups excluding tert-OH is 3. The predicted octanol–water partition coefficient (Wildman–Crippen LogP) is 1.01. The number of aromatic nitrogens is 4. The molecule has 148 valence electrons. The van der Waals surface area contributed by atoms with Gasteiger partial charge < -0.3 is 26.0 Å². The Morgan fingerprint density at radius 3 is 2.71 bits per heavy atom. The van der Waals surface area contributed by atoms with E-state index in [2.05, 4.69) is 30.6 Å². The molecule has 3 heterocycles. The summed E-state index contributed by atoms with van der Waals surface area (Å²) in [5.41, 5.74) is 2.28. The van der Waals surface area contributed by atoms with Gasteiger partial charge in [0.1, 0.15) is 22.4 Å². The van der Waals surface area contributed by atoms with Gasteiger partial charge in [-0.1, -0.05) is 0 Å². The maximum atomic E-state index is 10.4. The molecule has 3 aromatic heterocycles. The van der Waals surface area contributed by atoms with Gasteiger partial charge >= 0.3 is 0 Å². The molecule has 3 aromatic rings. The lowest BCUT2D eigenvalue weighted by molar-refractivity contribution is 0.00446. The Labute approximate surface area is 165 Å². The Balaban J connectivity index is 1.76. The summed E-state index contributed by atoms with van der Waals surface area (Å²) in [6.07, 6.45) is 1.88. The van der Waals surface area contributed by atoms with Gasteiger partial charge in [-0.25, -0.2) is 9.97 Å². The normalized spacial score (nSPS) is 24.6. The van der Waals surface area contributed by atoms with Gasteiger partial charge in [-0.2, -0.15) is 4.98 Å². The highest BCUT2D eigenvalue weighted by atomic mass is 32.1. The fourth-order valence-corrected chi connectivity index (χ4v) is 4.59. The first-order valence-electron chi connectivity index (χ1n) is 9.02. The average molecular weight is 402 g/mol. The molecule has 1 aliphatic rings. The maximum Gasteiger partial charge on any atom is 0.224 e. The second-order valence-electron chi connectivity index (χ2n) is 6.88. The molecule has 0 radical (unpaired) electrons. The number of hydrogen-bond donors (Lipinski definition) is 5. The standard InChI is InChI=1S/C18H22N6O3S/c1-8-13(17-23-11-6-20-4-3-12(11)28-17)16(24-18(19-2)21-8)22-10-5-9(7-25)14(26)15(10)27/h3-4,6,9-10,14-15,25-27H,5,7H2,1-2H3,(H2,19,21,22,24). The topological polar surface area (TPSA) is 136 Å². The second kappa shape index (κ2) is 7.55. The van der Waals surface area contributed by atoms with Gasteiger partial charge in [0.2, 0.25) is 5.95 Å². The summed E-state index contributed by atoms with van der Waals surface area (Å²) in [5.74, 6) is 0.591. The first kappa shape index (κ1) is 18.9. The van der Waals surface area contributed by atoms with Crippen molar-refractivity contribution in [1.29, 1.82) is 0 Å². The van der Waals surface area contributed by atoms with Crippen molar-refractivity contribution in [3.05, 3.63) is 24.2 Å². The molecule has 0 aliphatic heterocycles. The SMILES string of the molecule is CNc1nc(C)c(-c2nc3cnccc3s2)c(NC2CC(CO)C(O)C2O)n1. The number of thiazole rings is 1. The highest BCUT2D eigenvalue weighted by molar-refractivity contribution is 7.21. The molecule has 4 unspecified atom stereocenters. The Bertz CT molecular complexity index is 964. The van der Waals surface area contributed by atoms with E-state index in [0.717, 1.165) is 26.5 Å². The number of fused-ring (bicyclic) bond motifs is 1. The molecule has 1 aliphatic carbocycles. The monoisotopic (exact) mass is 402 g/mol. The number of pyridine rings is 1. The minimum Gasteiger partial charge on any atom is -0.396 e. The molecule has 0 saturated heterocycles. The molecule has 5 N–H and O–H groups in total. The minimum atomic E-state index is -1.00. The van der Waals surface area contributed by atoms with E-state index in [1.807, 2.05) is 13.0 Å². The molecule has 0 spiro atoms. The summed E-state index contributed by atoms with van der Waals surface area (Å²) in [6.45, 7) is 1.70. The van der Waals surface area contributed by atoms with E-state index >= 15 is 0 Å². The maximum absolute atomic E-state index is 10.4. The highest BCUT2D eigenvalue weighted by Gasteiger charge is 2.41. The third kappa shape index (κ3) is 3.28. The number of rotatable bonds is 5. The van der Waals surface area contributed by atoms with Crippen molar-refractivity contribution >= 4 is 33.3 Å². The van der Waals surface area contributed by atoms with Crippen LogP contribution in [0.3, 0.4) is 0 Å². The fraction of sp³-hybridized carbons (Fsp3) is 0.444. The Kier molecular flexibility index (Phi) is 5.11. The molecule has 28 heavy (non-hydrogen) atoms. The van der Waals surface area contributed by atoms with E-state index in [1.165, 1.54) is 11.3 Å². The van der Waals surface area contributed by atoms with Crippen molar-refractivity contribution in [3.63, 3.8) is 0 Å². The first-order chi connectivity index (χ1) is 13.5. The summed E-state index contributed by atoms with van der Waals surface area (Å²) in [6, 6.07) is 1.46. The highest BCUT2D eigenvalue weighted by Crippen LogP contribution is 2.37. The molecule has 4 rings (SSSR count). The van der Waals surface area contributed by atoms with Crippen LogP contribution < -0.4 is 10.6 Å². The average Bonchev–Trinajstić information content (AvgIpc) is 3.23. The van der Waals surface area contributed by atoms with Crippen molar-refractivity contribution in [2.75, 3.05) is 24.3 Å². The summed E-state index contributed by atoms with van der Waals surface area (Å²) in [4.78, 5) is 17.8. The van der Waals surface area contributed by atoms with Crippen molar-refractivity contribution in [3.8, 4) is 10.6 Å². The van der Waals surface area contributed by atoms with Crippen molar-refractivity contribution in [2.45, 2.75) is 31.6 Å². The molecule has 10 heteroatoms. The Morgan fingerprint density at radius 1 is 1.21 bits per heavy atom. The molecule has 0 aromatic carbocycles. The molecule has 1 saturated carbocycles. The van der Waals surface area contributed by atoms with Crippen LogP contribution >= 0.6 is 11.3 Å². The van der Waals surface area contributed by atoms with Gasteiger partial charge in [0.15, 0.2) is 0 Å². The quantitative estimate of drug-likeness (QED) is 0.423. The summed E-state index contributed by atoms with van der Waals surface area (Å²) >= 11 is 1.51. The molecule has 9 nitrogen and oxygen atoms in total. The zero-order valence-electron chi connectivity index (χ0n) is 15.5. The summed E-state index contributed by atoms with van der Waals surface area (Å²) in [7, 11) is 1.73. The lowest BCUT2D eigenvalue weighted by atomic mass is 10.1. The van der Waals surface area contributed by atoms with Crippen LogP contribution in [0.5, 0.6) is 0 Å². The number of nitrogens with zero attached hydrogens (tertiary/aromatic N) is 4. The van der Waals surface area contributed by atoms with Crippen LogP contribution in [0.2, 0.25) is 0 Å². The number of aliphatic hydroxyl groups is 3. The van der Waals surface area contributed by atoms with E-state index in [9.17, 15) is 15.3 Å². The molecule has 4 atom stereocenters. The molecule has 1 fully saturated rings. The predicted molar refractivity (Wildman–Crippen MR) is 107 cm³/mol. The fourth-order valence-electron chi connectivity index (χ4n) is 3.56. The van der Waals surface area contributed by atoms with E-state index in [1.54, 1.807) is 19.4 Å². The van der Waals surface area contributed by atoms with Crippen LogP contribution in [0.25, 0.3) is 20.8 Å². The molecular formula is C18H22N6O3S. The zero-order chi connectivity index (χ0) is 19.8. The largest absolute Gasteiger partial charge is 0.396 e. The van der Waals surface area contributed by atoms with E-state index in [-0.39, 0.29) is 12.5 Å². The van der Waals surface area contributed by atoms with Gasteiger partial charge in [-0.3, -0.25) is 4.98 Å². The first-order valence-corrected chi connectivity index (χ1v) is 9.84. The van der Waals surface area contributed by atoms with Crippen LogP contribution in [-0.4, -0.2) is 67.2 Å². The van der Waals surface area contributed by atoms with Crippen LogP contribution in [0, 0.1) is 12.8 Å². The van der Waals surface area contributed by atoms with E-state index < -0.39 is 18.2 Å². The van der Waals surface area contributed by atoms with Gasteiger partial charge in [-0.05, 0) is 19.4 Å². The number of hydrogen-bond acceptors (Lipinski definition) is 10. The van der Waals surface area contributed by atoms with Crippen molar-refractivity contribution in [1.82, 2.24) is 19.9 Å². The van der Waals surface area contributed by atoms with Gasteiger partial charge in [-0.15, -0.1) is 11.3 Å². The smallest absolute Gasteiger partial charge is 0.224 e. The molecular weight excluding hydrogens is 380 g/mol. The minimum absolute atomic E-state index is 0.182. The van der Waals surface area contributed by atoms with E-state index in [4.69, 9.17) is 0 Å². The van der Waals surface area contributed by atoms with Crippen molar-refractivity contribution in [2.24, 2.45) is 5.92 Å². The summed E-state index contributed by atoms with van der Waals surface area (Å²) < 4.78 is 1.00. The molecule has 0 amide bonds. The van der Waals surface area contributed by atoms with Gasteiger partial charge in [0.25, 0.3) is 0 Å². The number of aryl methyl sites for hydroxylation is 1. The van der Waals surface area contributed by atoms with Crippen LogP contribution in [0.1, 0.15) is 12.1 Å². The van der Waals surface area contributed by atoms with Gasteiger partial charge in [0, 0.05) is 25.8 Å². The lowest BCUT2D eigenvalue weighted by Crippen LogP contribution is -2.35. The van der Waals surface area contributed by atoms with Crippen LogP contribution in [-0.2, 0) is 0 Å². The zero-order valence-corrected chi connectivity index (χ0v) is 16.3. The Morgan fingerprint density at radius 2 is 2.04 bits per heavy atom. The second-order valence-corrected chi connectivity index (χ2v) is 7.91. The molecule has 0 bridgehead atoms. The van der Waals surface area contributed by atoms with Crippen molar-refractivity contribution < 1.29 is 15.3 Å². The van der Waals surface area contributed by atoms with Crippen LogP contribution in [0.15, 0.2) is 18.5 Å². The summed E-state index contributed by atoms with van der Waals surface area (Å²) in [5, 5.41) is 36.9.